The highest BCUT2D eigenvalue weighted by Crippen LogP contribution is 2.29. The van der Waals surface area contributed by atoms with Crippen LogP contribution in [0.1, 0.15) is 22.3 Å². The van der Waals surface area contributed by atoms with Crippen molar-refractivity contribution >= 4 is 57.1 Å². The maximum atomic E-state index is 13.1. The molecule has 0 aliphatic carbocycles. The average Bonchev–Trinajstić information content (AvgIpc) is 2.78. The number of carbonyl (C=O) groups excluding carboxylic acids is 3. The van der Waals surface area contributed by atoms with Crippen molar-refractivity contribution < 1.29 is 19.1 Å². The number of rotatable bonds is 5. The van der Waals surface area contributed by atoms with Gasteiger partial charge in [0.1, 0.15) is 17.9 Å². The molecule has 1 N–H and O–H groups in total. The number of barbiturate groups is 1. The Hall–Kier alpha value is -3.42. The number of ether oxygens (including phenoxy) is 1. The van der Waals surface area contributed by atoms with E-state index in [1.165, 1.54) is 6.08 Å². The van der Waals surface area contributed by atoms with Crippen LogP contribution < -0.4 is 15.0 Å². The highest BCUT2D eigenvalue weighted by Gasteiger charge is 2.37. The predicted molar refractivity (Wildman–Crippen MR) is 135 cm³/mol. The first kappa shape index (κ1) is 23.7. The summed E-state index contributed by atoms with van der Waals surface area (Å²) in [6, 6.07) is 17.3. The Balaban J connectivity index is 1.57. The van der Waals surface area contributed by atoms with Crippen LogP contribution in [-0.4, -0.2) is 17.8 Å². The van der Waals surface area contributed by atoms with E-state index in [9.17, 15) is 14.4 Å². The minimum Gasteiger partial charge on any atom is -0.487 e. The number of halogens is 2. The van der Waals surface area contributed by atoms with Crippen molar-refractivity contribution in [1.82, 2.24) is 5.32 Å². The van der Waals surface area contributed by atoms with E-state index in [1.54, 1.807) is 37.3 Å². The normalized spacial score (nSPS) is 15.0. The van der Waals surface area contributed by atoms with E-state index in [1.807, 2.05) is 37.3 Å². The Morgan fingerprint density at radius 2 is 1.74 bits per heavy atom. The van der Waals surface area contributed by atoms with E-state index in [4.69, 9.17) is 16.3 Å². The third-order valence-electron chi connectivity index (χ3n) is 5.27. The molecule has 34 heavy (non-hydrogen) atoms. The molecule has 1 aliphatic heterocycles. The second kappa shape index (κ2) is 9.83. The van der Waals surface area contributed by atoms with Crippen molar-refractivity contribution in [3.63, 3.8) is 0 Å². The van der Waals surface area contributed by atoms with E-state index in [-0.39, 0.29) is 5.57 Å². The van der Waals surface area contributed by atoms with Crippen LogP contribution in [0.3, 0.4) is 0 Å². The first-order chi connectivity index (χ1) is 16.2. The summed E-state index contributed by atoms with van der Waals surface area (Å²) in [7, 11) is 0. The first-order valence-electron chi connectivity index (χ1n) is 10.4. The smallest absolute Gasteiger partial charge is 0.335 e. The molecule has 0 bridgehead atoms. The number of nitrogens with one attached hydrogen (secondary N) is 1. The number of carbonyl (C=O) groups is 3. The van der Waals surface area contributed by atoms with Crippen molar-refractivity contribution in [3.8, 4) is 5.75 Å². The van der Waals surface area contributed by atoms with Crippen LogP contribution in [0.5, 0.6) is 5.75 Å². The summed E-state index contributed by atoms with van der Waals surface area (Å²) in [6.07, 6.45) is 1.41. The molecule has 0 aromatic heterocycles. The molecule has 0 atom stereocenters. The summed E-state index contributed by atoms with van der Waals surface area (Å²) in [6.45, 7) is 4.05. The molecule has 0 saturated carbocycles. The molecule has 172 valence electrons. The van der Waals surface area contributed by atoms with Gasteiger partial charge in [-0.3, -0.25) is 14.9 Å². The van der Waals surface area contributed by atoms with Gasteiger partial charge < -0.3 is 4.74 Å². The molecular weight excluding hydrogens is 520 g/mol. The molecule has 4 amide bonds. The molecule has 0 radical (unpaired) electrons. The first-order valence-corrected chi connectivity index (χ1v) is 11.6. The molecule has 4 rings (SSSR count). The van der Waals surface area contributed by atoms with Crippen molar-refractivity contribution in [3.05, 3.63) is 98.0 Å². The molecule has 8 heteroatoms. The maximum absolute atomic E-state index is 13.1. The van der Waals surface area contributed by atoms with Crippen LogP contribution in [0.4, 0.5) is 10.5 Å². The van der Waals surface area contributed by atoms with Crippen molar-refractivity contribution in [1.29, 1.82) is 0 Å². The average molecular weight is 540 g/mol. The monoisotopic (exact) mass is 538 g/mol. The van der Waals surface area contributed by atoms with Crippen LogP contribution in [0.15, 0.2) is 70.7 Å². The summed E-state index contributed by atoms with van der Waals surface area (Å²) in [5.74, 6) is -0.992. The van der Waals surface area contributed by atoms with E-state index in [0.717, 1.165) is 26.1 Å². The van der Waals surface area contributed by atoms with Gasteiger partial charge in [0.2, 0.25) is 0 Å². The Labute approximate surface area is 210 Å². The van der Waals surface area contributed by atoms with E-state index in [2.05, 4.69) is 21.2 Å². The summed E-state index contributed by atoms with van der Waals surface area (Å²) < 4.78 is 6.77. The number of imide groups is 2. The Morgan fingerprint density at radius 3 is 2.41 bits per heavy atom. The number of urea groups is 1. The number of amides is 4. The molecular formula is C26H20BrClN2O4. The van der Waals surface area contributed by atoms with Crippen molar-refractivity contribution in [2.75, 3.05) is 4.90 Å². The largest absolute Gasteiger partial charge is 0.487 e. The zero-order valence-corrected chi connectivity index (χ0v) is 20.7. The number of anilines is 1. The number of benzene rings is 3. The summed E-state index contributed by atoms with van der Waals surface area (Å²) >= 11 is 9.78. The number of nitrogens with zero attached hydrogens (tertiary/aromatic N) is 1. The third kappa shape index (κ3) is 5.05. The molecule has 1 fully saturated rings. The molecule has 0 unspecified atom stereocenters. The summed E-state index contributed by atoms with van der Waals surface area (Å²) in [5, 5.41) is 2.57. The van der Waals surface area contributed by atoms with Crippen LogP contribution in [0.2, 0.25) is 5.02 Å². The van der Waals surface area contributed by atoms with Gasteiger partial charge in [0.25, 0.3) is 11.8 Å². The standard InChI is InChI=1S/C26H20BrClN2O4/c1-15-3-9-22(16(2)11-15)30-25(32)20(24(31)29-26(30)33)12-18-6-10-23(21(28)13-18)34-14-17-4-7-19(27)8-5-17/h3-13H,14H2,1-2H3,(H,29,31,33)/b20-12+. The minimum absolute atomic E-state index is 0.167. The van der Waals surface area contributed by atoms with Crippen molar-refractivity contribution in [2.45, 2.75) is 20.5 Å². The zero-order valence-electron chi connectivity index (χ0n) is 18.4. The SMILES string of the molecule is Cc1ccc(N2C(=O)NC(=O)/C(=C\c3ccc(OCc4ccc(Br)cc4)c(Cl)c3)C2=O)c(C)c1. The lowest BCUT2D eigenvalue weighted by molar-refractivity contribution is -0.122. The van der Waals surface area contributed by atoms with E-state index < -0.39 is 17.8 Å². The third-order valence-corrected chi connectivity index (χ3v) is 6.09. The number of aryl methyl sites for hydroxylation is 2. The van der Waals surface area contributed by atoms with Gasteiger partial charge in [-0.2, -0.15) is 0 Å². The Bertz CT molecular complexity index is 1340. The van der Waals surface area contributed by atoms with Crippen LogP contribution >= 0.6 is 27.5 Å². The quantitative estimate of drug-likeness (QED) is 0.320. The lowest BCUT2D eigenvalue weighted by atomic mass is 10.0. The fourth-order valence-electron chi connectivity index (χ4n) is 3.56. The molecule has 1 aliphatic rings. The fourth-order valence-corrected chi connectivity index (χ4v) is 4.07. The van der Waals surface area contributed by atoms with Gasteiger partial charge in [-0.25, -0.2) is 9.69 Å². The summed E-state index contributed by atoms with van der Waals surface area (Å²) in [5.41, 5.74) is 3.49. The van der Waals surface area contributed by atoms with E-state index in [0.29, 0.717) is 28.6 Å². The number of hydrogen-bond donors (Lipinski definition) is 1. The van der Waals surface area contributed by atoms with Crippen LogP contribution in [-0.2, 0) is 16.2 Å². The van der Waals surface area contributed by atoms with Crippen LogP contribution in [0, 0.1) is 13.8 Å². The van der Waals surface area contributed by atoms with Crippen LogP contribution in [0.25, 0.3) is 6.08 Å². The van der Waals surface area contributed by atoms with Gasteiger partial charge in [0, 0.05) is 4.47 Å². The topological polar surface area (TPSA) is 75.7 Å². The predicted octanol–water partition coefficient (Wildman–Crippen LogP) is 5.96. The highest BCUT2D eigenvalue weighted by atomic mass is 79.9. The molecule has 6 nitrogen and oxygen atoms in total. The Kier molecular flexibility index (Phi) is 6.86. The molecule has 3 aromatic carbocycles. The molecule has 3 aromatic rings. The van der Waals surface area contributed by atoms with E-state index >= 15 is 0 Å². The van der Waals surface area contributed by atoms with Gasteiger partial charge >= 0.3 is 6.03 Å². The van der Waals surface area contributed by atoms with Gasteiger partial charge in [-0.05, 0) is 66.9 Å². The second-order valence-electron chi connectivity index (χ2n) is 7.85. The lowest BCUT2D eigenvalue weighted by Crippen LogP contribution is -2.54. The van der Waals surface area contributed by atoms with Gasteiger partial charge in [0.15, 0.2) is 0 Å². The maximum Gasteiger partial charge on any atom is 0.335 e. The molecule has 0 spiro atoms. The minimum atomic E-state index is -0.783. The zero-order chi connectivity index (χ0) is 24.4. The molecule has 1 heterocycles. The number of hydrogen-bond acceptors (Lipinski definition) is 4. The highest BCUT2D eigenvalue weighted by molar-refractivity contribution is 9.10. The fraction of sp³-hybridized carbons (Fsp3) is 0.115. The summed E-state index contributed by atoms with van der Waals surface area (Å²) in [4.78, 5) is 39.0. The van der Waals surface area contributed by atoms with Gasteiger partial charge in [-0.15, -0.1) is 0 Å². The van der Waals surface area contributed by atoms with Gasteiger partial charge in [0.05, 0.1) is 10.7 Å². The second-order valence-corrected chi connectivity index (χ2v) is 9.18. The van der Waals surface area contributed by atoms with Gasteiger partial charge in [-0.1, -0.05) is 63.4 Å². The molecule has 1 saturated heterocycles. The lowest BCUT2D eigenvalue weighted by Gasteiger charge is -2.27. The Morgan fingerprint density at radius 1 is 1.00 bits per heavy atom. The van der Waals surface area contributed by atoms with Crippen molar-refractivity contribution in [2.24, 2.45) is 0 Å².